The molecule has 0 amide bonds. The largest absolute Gasteiger partial charge is 0.465 e. The highest BCUT2D eigenvalue weighted by Crippen LogP contribution is 2.11. The van der Waals surface area contributed by atoms with Gasteiger partial charge in [-0.15, -0.1) is 0 Å². The molecule has 0 spiro atoms. The zero-order valence-electron chi connectivity index (χ0n) is 15.4. The summed E-state index contributed by atoms with van der Waals surface area (Å²) >= 11 is 0. The van der Waals surface area contributed by atoms with E-state index in [2.05, 4.69) is 58.1 Å². The van der Waals surface area contributed by atoms with E-state index in [1.165, 1.54) is 18.3 Å². The van der Waals surface area contributed by atoms with Crippen molar-refractivity contribution in [3.8, 4) is 0 Å². The van der Waals surface area contributed by atoms with Gasteiger partial charge in [-0.3, -0.25) is 0 Å². The first-order valence-corrected chi connectivity index (χ1v) is 8.26. The highest BCUT2D eigenvalue weighted by Gasteiger charge is 2.03. The molecule has 0 aromatic heterocycles. The summed E-state index contributed by atoms with van der Waals surface area (Å²) in [6, 6.07) is 7.40. The molecular formula is C22H28O2. The van der Waals surface area contributed by atoms with Crippen LogP contribution in [0.25, 0.3) is 6.08 Å². The molecule has 128 valence electrons. The minimum Gasteiger partial charge on any atom is -0.465 e. The zero-order valence-corrected chi connectivity index (χ0v) is 15.4. The summed E-state index contributed by atoms with van der Waals surface area (Å²) in [5, 5.41) is 0. The molecule has 1 aromatic rings. The standard InChI is InChI=1S/C22H28O2/c1-17(2)8-6-9-18(3)10-7-11-19(4)16-20-12-14-21(15-13-20)22(23)24-5/h7-8,10-16H,6,9H2,1-5H3. The van der Waals surface area contributed by atoms with Crippen molar-refractivity contribution in [2.75, 3.05) is 7.11 Å². The Labute approximate surface area is 146 Å². The van der Waals surface area contributed by atoms with Gasteiger partial charge in [0.2, 0.25) is 0 Å². The first-order valence-electron chi connectivity index (χ1n) is 8.26. The molecule has 1 aromatic carbocycles. The van der Waals surface area contributed by atoms with E-state index < -0.39 is 0 Å². The van der Waals surface area contributed by atoms with E-state index in [9.17, 15) is 4.79 Å². The van der Waals surface area contributed by atoms with Crippen molar-refractivity contribution in [1.29, 1.82) is 0 Å². The molecule has 0 radical (unpaired) electrons. The van der Waals surface area contributed by atoms with Crippen LogP contribution in [-0.4, -0.2) is 13.1 Å². The van der Waals surface area contributed by atoms with Crippen LogP contribution in [0.2, 0.25) is 0 Å². The van der Waals surface area contributed by atoms with Crippen LogP contribution >= 0.6 is 0 Å². The monoisotopic (exact) mass is 324 g/mol. The van der Waals surface area contributed by atoms with Crippen LogP contribution in [0.15, 0.2) is 65.3 Å². The first-order chi connectivity index (χ1) is 11.4. The first kappa shape index (κ1) is 19.7. The van der Waals surface area contributed by atoms with Crippen LogP contribution < -0.4 is 0 Å². The van der Waals surface area contributed by atoms with Gasteiger partial charge in [-0.2, -0.15) is 0 Å². The van der Waals surface area contributed by atoms with Gasteiger partial charge in [0.25, 0.3) is 0 Å². The summed E-state index contributed by atoms with van der Waals surface area (Å²) < 4.78 is 4.70. The van der Waals surface area contributed by atoms with E-state index in [-0.39, 0.29) is 5.97 Å². The number of methoxy groups -OCH3 is 1. The quantitative estimate of drug-likeness (QED) is 0.343. The van der Waals surface area contributed by atoms with Crippen molar-refractivity contribution in [3.63, 3.8) is 0 Å². The second-order valence-electron chi connectivity index (χ2n) is 6.19. The molecule has 0 atom stereocenters. The van der Waals surface area contributed by atoms with Crippen molar-refractivity contribution in [2.24, 2.45) is 0 Å². The van der Waals surface area contributed by atoms with E-state index in [0.29, 0.717) is 5.56 Å². The highest BCUT2D eigenvalue weighted by atomic mass is 16.5. The second kappa shape index (κ2) is 10.4. The predicted octanol–water partition coefficient (Wildman–Crippen LogP) is 6.13. The van der Waals surface area contributed by atoms with Crippen LogP contribution in [0.5, 0.6) is 0 Å². The Morgan fingerprint density at radius 3 is 2.33 bits per heavy atom. The topological polar surface area (TPSA) is 26.3 Å². The Morgan fingerprint density at radius 1 is 1.08 bits per heavy atom. The molecule has 2 heteroatoms. The molecule has 2 nitrogen and oxygen atoms in total. The van der Waals surface area contributed by atoms with E-state index in [1.807, 2.05) is 12.1 Å². The summed E-state index contributed by atoms with van der Waals surface area (Å²) in [5.74, 6) is -0.309. The Kier molecular flexibility index (Phi) is 8.56. The number of rotatable bonds is 7. The van der Waals surface area contributed by atoms with Gasteiger partial charge < -0.3 is 4.74 Å². The van der Waals surface area contributed by atoms with Gasteiger partial charge in [-0.05, 0) is 58.2 Å². The van der Waals surface area contributed by atoms with Gasteiger partial charge in [-0.25, -0.2) is 4.79 Å². The molecule has 24 heavy (non-hydrogen) atoms. The van der Waals surface area contributed by atoms with Crippen LogP contribution in [-0.2, 0) is 4.74 Å². The Hall–Kier alpha value is -2.35. The number of hydrogen-bond donors (Lipinski definition) is 0. The van der Waals surface area contributed by atoms with Gasteiger partial charge in [0, 0.05) is 0 Å². The fraction of sp³-hybridized carbons (Fsp3) is 0.318. The van der Waals surface area contributed by atoms with Crippen molar-refractivity contribution in [3.05, 3.63) is 76.4 Å². The maximum atomic E-state index is 11.4. The van der Waals surface area contributed by atoms with Gasteiger partial charge in [-0.1, -0.05) is 59.2 Å². The Morgan fingerprint density at radius 2 is 1.75 bits per heavy atom. The minimum atomic E-state index is -0.309. The van der Waals surface area contributed by atoms with E-state index in [0.717, 1.165) is 24.0 Å². The lowest BCUT2D eigenvalue weighted by atomic mass is 10.1. The molecule has 1 rings (SSSR count). The van der Waals surface area contributed by atoms with Crippen molar-refractivity contribution >= 4 is 12.0 Å². The van der Waals surface area contributed by atoms with Crippen LogP contribution in [0.3, 0.4) is 0 Å². The zero-order chi connectivity index (χ0) is 17.9. The SMILES string of the molecule is COC(=O)c1ccc(C=C(C)C=CC=C(C)CCC=C(C)C)cc1. The molecule has 0 saturated carbocycles. The van der Waals surface area contributed by atoms with Crippen LogP contribution in [0.4, 0.5) is 0 Å². The molecule has 0 saturated heterocycles. The normalized spacial score (nSPS) is 12.4. The molecule has 0 aliphatic heterocycles. The molecule has 0 unspecified atom stereocenters. The third-order valence-electron chi connectivity index (χ3n) is 3.56. The number of allylic oxidation sites excluding steroid dienone is 7. The molecule has 0 bridgehead atoms. The van der Waals surface area contributed by atoms with E-state index in [4.69, 9.17) is 4.74 Å². The third kappa shape index (κ3) is 7.77. The summed E-state index contributed by atoms with van der Waals surface area (Å²) in [6.45, 7) is 8.49. The van der Waals surface area contributed by atoms with Crippen molar-refractivity contribution in [2.45, 2.75) is 40.5 Å². The summed E-state index contributed by atoms with van der Waals surface area (Å²) in [4.78, 5) is 11.4. The highest BCUT2D eigenvalue weighted by molar-refractivity contribution is 5.89. The minimum absolute atomic E-state index is 0.309. The average Bonchev–Trinajstić information content (AvgIpc) is 2.54. The molecular weight excluding hydrogens is 296 g/mol. The maximum Gasteiger partial charge on any atom is 0.337 e. The Bertz CT molecular complexity index is 652. The van der Waals surface area contributed by atoms with Crippen LogP contribution in [0.1, 0.15) is 56.5 Å². The average molecular weight is 324 g/mol. The number of carbonyl (C=O) groups excluding carboxylic acids is 1. The van der Waals surface area contributed by atoms with Crippen molar-refractivity contribution in [1.82, 2.24) is 0 Å². The smallest absolute Gasteiger partial charge is 0.337 e. The molecule has 0 aliphatic rings. The second-order valence-corrected chi connectivity index (χ2v) is 6.19. The number of esters is 1. The molecule has 0 fully saturated rings. The lowest BCUT2D eigenvalue weighted by Gasteiger charge is -2.00. The van der Waals surface area contributed by atoms with E-state index in [1.54, 1.807) is 12.1 Å². The summed E-state index contributed by atoms with van der Waals surface area (Å²) in [5.41, 5.74) is 5.54. The number of ether oxygens (including phenoxy) is 1. The van der Waals surface area contributed by atoms with Gasteiger partial charge >= 0.3 is 5.97 Å². The number of benzene rings is 1. The number of carbonyl (C=O) groups is 1. The lowest BCUT2D eigenvalue weighted by molar-refractivity contribution is 0.0600. The maximum absolute atomic E-state index is 11.4. The van der Waals surface area contributed by atoms with E-state index >= 15 is 0 Å². The van der Waals surface area contributed by atoms with Gasteiger partial charge in [0.15, 0.2) is 0 Å². The molecule has 0 N–H and O–H groups in total. The fourth-order valence-electron chi connectivity index (χ4n) is 2.18. The van der Waals surface area contributed by atoms with Crippen LogP contribution in [0, 0.1) is 0 Å². The third-order valence-corrected chi connectivity index (χ3v) is 3.56. The molecule has 0 heterocycles. The fourth-order valence-corrected chi connectivity index (χ4v) is 2.18. The Balaban J connectivity index is 2.62. The lowest BCUT2D eigenvalue weighted by Crippen LogP contribution is -2.00. The number of hydrogen-bond acceptors (Lipinski definition) is 2. The summed E-state index contributed by atoms with van der Waals surface area (Å²) in [6.07, 6.45) is 12.9. The van der Waals surface area contributed by atoms with Gasteiger partial charge in [0.05, 0.1) is 12.7 Å². The predicted molar refractivity (Wildman–Crippen MR) is 103 cm³/mol. The summed E-state index contributed by atoms with van der Waals surface area (Å²) in [7, 11) is 1.39. The molecule has 0 aliphatic carbocycles. The van der Waals surface area contributed by atoms with Gasteiger partial charge in [0.1, 0.15) is 0 Å². The van der Waals surface area contributed by atoms with Crippen molar-refractivity contribution < 1.29 is 9.53 Å².